The van der Waals surface area contributed by atoms with Crippen molar-refractivity contribution in [3.8, 4) is 11.4 Å². The molecule has 0 saturated carbocycles. The zero-order chi connectivity index (χ0) is 30.4. The van der Waals surface area contributed by atoms with Gasteiger partial charge in [-0.2, -0.15) is 0 Å². The van der Waals surface area contributed by atoms with Gasteiger partial charge < -0.3 is 14.0 Å². The third-order valence-corrected chi connectivity index (χ3v) is 10.0. The molecule has 9 rings (SSSR count). The van der Waals surface area contributed by atoms with Gasteiger partial charge in [0.1, 0.15) is 0 Å². The number of fused-ring (bicyclic) bond motifs is 8. The molecule has 0 bridgehead atoms. The van der Waals surface area contributed by atoms with Crippen molar-refractivity contribution in [3.63, 3.8) is 0 Å². The molecule has 0 saturated heterocycles. The first-order chi connectivity index (χ1) is 21.9. The molecular formula is C42H35N3. The van der Waals surface area contributed by atoms with Crippen LogP contribution in [-0.2, 0) is 5.41 Å². The Labute approximate surface area is 263 Å². The standard InChI is InChI=1S/C42H35N3/c1-27(2)43-40-23-21-28(44-36-17-9-5-13-30(36)31-14-6-10-18-37(31)44)25-34(40)42(3,4)35-26-29(22-24-41(35)43)45-38-19-11-7-15-32(38)33-16-8-12-20-39(33)45/h5-27H,1-4H3. The van der Waals surface area contributed by atoms with E-state index in [1.807, 2.05) is 0 Å². The van der Waals surface area contributed by atoms with Crippen LogP contribution in [0.25, 0.3) is 55.0 Å². The maximum Gasteiger partial charge on any atom is 0.0541 e. The van der Waals surface area contributed by atoms with E-state index in [0.29, 0.717) is 6.04 Å². The van der Waals surface area contributed by atoms with Crippen LogP contribution in [-0.4, -0.2) is 15.2 Å². The molecule has 3 heterocycles. The van der Waals surface area contributed by atoms with Gasteiger partial charge in [0.15, 0.2) is 0 Å². The molecule has 0 atom stereocenters. The van der Waals surface area contributed by atoms with Gasteiger partial charge in [0.2, 0.25) is 0 Å². The van der Waals surface area contributed by atoms with Gasteiger partial charge in [-0.3, -0.25) is 0 Å². The van der Waals surface area contributed by atoms with Crippen molar-refractivity contribution in [2.75, 3.05) is 4.90 Å². The fourth-order valence-corrected chi connectivity index (χ4v) is 7.98. The summed E-state index contributed by atoms with van der Waals surface area (Å²) in [6.07, 6.45) is 0. The average molecular weight is 582 g/mol. The minimum atomic E-state index is -0.223. The molecule has 0 radical (unpaired) electrons. The summed E-state index contributed by atoms with van der Waals surface area (Å²) >= 11 is 0. The third-order valence-electron chi connectivity index (χ3n) is 10.0. The molecule has 0 aliphatic carbocycles. The van der Waals surface area contributed by atoms with E-state index in [0.717, 1.165) is 0 Å². The SMILES string of the molecule is CC(C)N1c2ccc(-n3c4ccccc4c4ccccc43)cc2C(C)(C)c2cc(-n3c4ccccc4c4ccccc43)ccc21. The Balaban J connectivity index is 1.28. The molecule has 218 valence electrons. The summed E-state index contributed by atoms with van der Waals surface area (Å²) in [5, 5.41) is 5.15. The summed E-state index contributed by atoms with van der Waals surface area (Å²) in [7, 11) is 0. The van der Waals surface area contributed by atoms with Crippen LogP contribution >= 0.6 is 0 Å². The second-order valence-electron chi connectivity index (χ2n) is 13.2. The van der Waals surface area contributed by atoms with Crippen LogP contribution in [0.15, 0.2) is 133 Å². The van der Waals surface area contributed by atoms with E-state index < -0.39 is 0 Å². The van der Waals surface area contributed by atoms with Gasteiger partial charge in [-0.05, 0) is 85.6 Å². The summed E-state index contributed by atoms with van der Waals surface area (Å²) in [6, 6.07) is 49.6. The number of rotatable bonds is 3. The van der Waals surface area contributed by atoms with Crippen molar-refractivity contribution in [1.29, 1.82) is 0 Å². The molecule has 6 aromatic carbocycles. The lowest BCUT2D eigenvalue weighted by Crippen LogP contribution is -2.36. The smallest absolute Gasteiger partial charge is 0.0541 e. The molecule has 1 aliphatic heterocycles. The second-order valence-corrected chi connectivity index (χ2v) is 13.2. The minimum Gasteiger partial charge on any atom is -0.338 e. The summed E-state index contributed by atoms with van der Waals surface area (Å²) in [5.41, 5.74) is 12.4. The van der Waals surface area contributed by atoms with Gasteiger partial charge in [-0.15, -0.1) is 0 Å². The van der Waals surface area contributed by atoms with Crippen molar-refractivity contribution in [2.24, 2.45) is 0 Å². The van der Waals surface area contributed by atoms with Crippen LogP contribution in [0, 0.1) is 0 Å². The predicted octanol–water partition coefficient (Wildman–Crippen LogP) is 11.1. The van der Waals surface area contributed by atoms with Gasteiger partial charge in [0.25, 0.3) is 0 Å². The molecule has 3 heteroatoms. The first kappa shape index (κ1) is 26.2. The number of benzene rings is 6. The van der Waals surface area contributed by atoms with E-state index in [-0.39, 0.29) is 5.41 Å². The molecule has 1 aliphatic rings. The highest BCUT2D eigenvalue weighted by Gasteiger charge is 2.38. The minimum absolute atomic E-state index is 0.223. The third kappa shape index (κ3) is 3.58. The van der Waals surface area contributed by atoms with Crippen LogP contribution in [0.2, 0.25) is 0 Å². The Morgan fingerprint density at radius 1 is 0.444 bits per heavy atom. The number of anilines is 2. The van der Waals surface area contributed by atoms with Gasteiger partial charge in [0, 0.05) is 55.8 Å². The topological polar surface area (TPSA) is 13.1 Å². The maximum atomic E-state index is 2.53. The zero-order valence-corrected chi connectivity index (χ0v) is 26.1. The highest BCUT2D eigenvalue weighted by atomic mass is 15.2. The molecule has 0 fully saturated rings. The molecule has 0 spiro atoms. The summed E-state index contributed by atoms with van der Waals surface area (Å²) in [4.78, 5) is 2.53. The number of hydrogen-bond acceptors (Lipinski definition) is 1. The fourth-order valence-electron chi connectivity index (χ4n) is 7.98. The zero-order valence-electron chi connectivity index (χ0n) is 26.1. The Morgan fingerprint density at radius 3 is 1.11 bits per heavy atom. The van der Waals surface area contributed by atoms with E-state index in [2.05, 4.69) is 175 Å². The van der Waals surface area contributed by atoms with Crippen LogP contribution < -0.4 is 4.90 Å². The maximum absolute atomic E-state index is 2.53. The highest BCUT2D eigenvalue weighted by molar-refractivity contribution is 6.10. The molecule has 0 unspecified atom stereocenters. The Hall–Kier alpha value is -5.28. The van der Waals surface area contributed by atoms with Gasteiger partial charge in [0.05, 0.1) is 22.1 Å². The quantitative estimate of drug-likeness (QED) is 0.202. The Morgan fingerprint density at radius 2 is 0.778 bits per heavy atom. The molecule has 45 heavy (non-hydrogen) atoms. The fraction of sp³-hybridized carbons (Fsp3) is 0.143. The van der Waals surface area contributed by atoms with Crippen molar-refractivity contribution in [1.82, 2.24) is 9.13 Å². The molecule has 8 aromatic rings. The van der Waals surface area contributed by atoms with Crippen molar-refractivity contribution in [3.05, 3.63) is 145 Å². The average Bonchev–Trinajstić information content (AvgIpc) is 3.58. The van der Waals surface area contributed by atoms with Crippen molar-refractivity contribution < 1.29 is 0 Å². The van der Waals surface area contributed by atoms with E-state index >= 15 is 0 Å². The van der Waals surface area contributed by atoms with E-state index in [1.54, 1.807) is 0 Å². The van der Waals surface area contributed by atoms with Crippen molar-refractivity contribution >= 4 is 55.0 Å². The Kier molecular flexibility index (Phi) is 5.44. The van der Waals surface area contributed by atoms with Crippen LogP contribution in [0.1, 0.15) is 38.8 Å². The van der Waals surface area contributed by atoms with E-state index in [1.165, 1.54) is 77.5 Å². The first-order valence-electron chi connectivity index (χ1n) is 16.0. The number of para-hydroxylation sites is 4. The lowest BCUT2D eigenvalue weighted by atomic mass is 9.73. The largest absolute Gasteiger partial charge is 0.338 e. The van der Waals surface area contributed by atoms with Gasteiger partial charge in [-0.1, -0.05) is 86.6 Å². The van der Waals surface area contributed by atoms with Gasteiger partial charge in [-0.25, -0.2) is 0 Å². The van der Waals surface area contributed by atoms with Crippen LogP contribution in [0.5, 0.6) is 0 Å². The van der Waals surface area contributed by atoms with E-state index in [4.69, 9.17) is 0 Å². The summed E-state index contributed by atoms with van der Waals surface area (Å²) < 4.78 is 4.87. The molecular weight excluding hydrogens is 546 g/mol. The number of aromatic nitrogens is 2. The lowest BCUT2D eigenvalue weighted by Gasteiger charge is -2.44. The lowest BCUT2D eigenvalue weighted by molar-refractivity contribution is 0.612. The molecule has 3 nitrogen and oxygen atoms in total. The van der Waals surface area contributed by atoms with Crippen LogP contribution in [0.3, 0.4) is 0 Å². The number of hydrogen-bond donors (Lipinski definition) is 0. The number of nitrogens with zero attached hydrogens (tertiary/aromatic N) is 3. The van der Waals surface area contributed by atoms with Crippen LogP contribution in [0.4, 0.5) is 11.4 Å². The van der Waals surface area contributed by atoms with Crippen molar-refractivity contribution in [2.45, 2.75) is 39.2 Å². The first-order valence-corrected chi connectivity index (χ1v) is 16.0. The Bertz CT molecular complexity index is 2180. The highest BCUT2D eigenvalue weighted by Crippen LogP contribution is 2.51. The summed E-state index contributed by atoms with van der Waals surface area (Å²) in [5.74, 6) is 0. The van der Waals surface area contributed by atoms with E-state index in [9.17, 15) is 0 Å². The monoisotopic (exact) mass is 581 g/mol. The van der Waals surface area contributed by atoms with Gasteiger partial charge >= 0.3 is 0 Å². The normalized spacial score (nSPS) is 14.1. The molecule has 2 aromatic heterocycles. The molecule has 0 N–H and O–H groups in total. The molecule has 0 amide bonds. The summed E-state index contributed by atoms with van der Waals surface area (Å²) in [6.45, 7) is 9.39. The second kappa shape index (κ2) is 9.36. The predicted molar refractivity (Wildman–Crippen MR) is 191 cm³/mol.